The zero-order chi connectivity index (χ0) is 16.6. The first-order valence-electron chi connectivity index (χ1n) is 8.68. The van der Waals surface area contributed by atoms with Crippen LogP contribution in [-0.2, 0) is 9.47 Å². The van der Waals surface area contributed by atoms with Crippen LogP contribution in [0.25, 0.3) is 16.5 Å². The van der Waals surface area contributed by atoms with E-state index in [1.54, 1.807) is 18.1 Å². The summed E-state index contributed by atoms with van der Waals surface area (Å²) >= 11 is 1.62. The second-order valence-corrected chi connectivity index (χ2v) is 7.45. The molecule has 1 aliphatic carbocycles. The standard InChI is InChI=1S/C19H19N3O2S/c1-2-4-16-15(3-1)14(13-5-6-13)7-8-17(16)22-12-20-21-19(22)25-11-18-23-9-10-24-18/h1-4,7-8,12-13,18H,5-6,9-11H2. The van der Waals surface area contributed by atoms with Crippen LogP contribution in [0.15, 0.2) is 47.9 Å². The Morgan fingerprint density at radius 1 is 1.04 bits per heavy atom. The lowest BCUT2D eigenvalue weighted by Gasteiger charge is -2.13. The van der Waals surface area contributed by atoms with Crippen LogP contribution >= 0.6 is 11.8 Å². The summed E-state index contributed by atoms with van der Waals surface area (Å²) in [5.41, 5.74) is 2.59. The number of aromatic nitrogens is 3. The zero-order valence-electron chi connectivity index (χ0n) is 13.8. The van der Waals surface area contributed by atoms with E-state index in [1.807, 2.05) is 0 Å². The van der Waals surface area contributed by atoms with Crippen LogP contribution in [0.2, 0.25) is 0 Å². The van der Waals surface area contributed by atoms with Crippen molar-refractivity contribution in [3.63, 3.8) is 0 Å². The maximum absolute atomic E-state index is 5.52. The molecule has 5 rings (SSSR count). The van der Waals surface area contributed by atoms with Gasteiger partial charge >= 0.3 is 0 Å². The van der Waals surface area contributed by atoms with Crippen molar-refractivity contribution in [1.82, 2.24) is 14.8 Å². The van der Waals surface area contributed by atoms with Gasteiger partial charge in [0.1, 0.15) is 6.33 Å². The summed E-state index contributed by atoms with van der Waals surface area (Å²) in [7, 11) is 0. The molecule has 0 N–H and O–H groups in total. The van der Waals surface area contributed by atoms with Gasteiger partial charge in [-0.2, -0.15) is 0 Å². The minimum absolute atomic E-state index is 0.149. The smallest absolute Gasteiger partial charge is 0.195 e. The van der Waals surface area contributed by atoms with Crippen molar-refractivity contribution in [2.45, 2.75) is 30.2 Å². The highest BCUT2D eigenvalue weighted by Crippen LogP contribution is 2.44. The number of fused-ring (bicyclic) bond motifs is 1. The average Bonchev–Trinajstić information content (AvgIpc) is 3.16. The number of thioether (sulfide) groups is 1. The van der Waals surface area contributed by atoms with E-state index in [9.17, 15) is 0 Å². The van der Waals surface area contributed by atoms with E-state index in [0.717, 1.165) is 22.5 Å². The van der Waals surface area contributed by atoms with Crippen LogP contribution < -0.4 is 0 Å². The van der Waals surface area contributed by atoms with E-state index in [1.165, 1.54) is 29.2 Å². The molecule has 1 aliphatic heterocycles. The number of hydrogen-bond donors (Lipinski definition) is 0. The van der Waals surface area contributed by atoms with Gasteiger partial charge in [-0.3, -0.25) is 4.57 Å². The molecule has 0 atom stereocenters. The van der Waals surface area contributed by atoms with Gasteiger partial charge in [0, 0.05) is 5.39 Å². The average molecular weight is 353 g/mol. The number of ether oxygens (including phenoxy) is 2. The Kier molecular flexibility index (Phi) is 3.96. The van der Waals surface area contributed by atoms with Gasteiger partial charge in [0.25, 0.3) is 0 Å². The Hall–Kier alpha value is -1.89. The summed E-state index contributed by atoms with van der Waals surface area (Å²) < 4.78 is 13.1. The van der Waals surface area contributed by atoms with E-state index >= 15 is 0 Å². The molecular weight excluding hydrogens is 334 g/mol. The van der Waals surface area contributed by atoms with Crippen molar-refractivity contribution < 1.29 is 9.47 Å². The van der Waals surface area contributed by atoms with Gasteiger partial charge in [0.2, 0.25) is 0 Å². The van der Waals surface area contributed by atoms with Crippen molar-refractivity contribution >= 4 is 22.5 Å². The summed E-state index contributed by atoms with van der Waals surface area (Å²) in [6.07, 6.45) is 4.25. The molecule has 25 heavy (non-hydrogen) atoms. The molecule has 1 aromatic heterocycles. The second kappa shape index (κ2) is 6.44. The first-order chi connectivity index (χ1) is 12.4. The van der Waals surface area contributed by atoms with E-state index in [-0.39, 0.29) is 6.29 Å². The first kappa shape index (κ1) is 15.4. The Labute approximate surface area is 150 Å². The molecule has 2 fully saturated rings. The molecule has 0 spiro atoms. The summed E-state index contributed by atoms with van der Waals surface area (Å²) in [4.78, 5) is 0. The maximum atomic E-state index is 5.52. The van der Waals surface area contributed by atoms with Crippen molar-refractivity contribution in [1.29, 1.82) is 0 Å². The van der Waals surface area contributed by atoms with Gasteiger partial charge in [0.05, 0.1) is 24.7 Å². The lowest BCUT2D eigenvalue weighted by molar-refractivity contribution is -0.0215. The molecule has 1 saturated heterocycles. The molecule has 2 aliphatic rings. The predicted molar refractivity (Wildman–Crippen MR) is 97.3 cm³/mol. The third-order valence-corrected chi connectivity index (χ3v) is 5.74. The van der Waals surface area contributed by atoms with Crippen LogP contribution in [0.3, 0.4) is 0 Å². The summed E-state index contributed by atoms with van der Waals surface area (Å²) in [5, 5.41) is 11.9. The fourth-order valence-electron chi connectivity index (χ4n) is 3.40. The number of hydrogen-bond acceptors (Lipinski definition) is 5. The molecule has 5 nitrogen and oxygen atoms in total. The molecule has 3 aromatic rings. The summed E-state index contributed by atoms with van der Waals surface area (Å²) in [6, 6.07) is 13.1. The fourth-order valence-corrected chi connectivity index (χ4v) is 4.27. The first-order valence-corrected chi connectivity index (χ1v) is 9.67. The van der Waals surface area contributed by atoms with Gasteiger partial charge in [-0.1, -0.05) is 42.1 Å². The van der Waals surface area contributed by atoms with Crippen LogP contribution in [0.4, 0.5) is 0 Å². The van der Waals surface area contributed by atoms with Crippen LogP contribution in [0, 0.1) is 0 Å². The zero-order valence-corrected chi connectivity index (χ0v) is 14.6. The summed E-state index contributed by atoms with van der Waals surface area (Å²) in [5.74, 6) is 1.45. The van der Waals surface area contributed by atoms with E-state index in [0.29, 0.717) is 13.2 Å². The van der Waals surface area contributed by atoms with Crippen molar-refractivity contribution in [2.24, 2.45) is 0 Å². The molecule has 128 valence electrons. The molecule has 2 aromatic carbocycles. The third kappa shape index (κ3) is 2.94. The van der Waals surface area contributed by atoms with Gasteiger partial charge < -0.3 is 9.47 Å². The van der Waals surface area contributed by atoms with Crippen LogP contribution in [0.1, 0.15) is 24.3 Å². The molecule has 2 heterocycles. The number of rotatable bonds is 5. The minimum atomic E-state index is -0.149. The van der Waals surface area contributed by atoms with Gasteiger partial charge in [-0.05, 0) is 35.8 Å². The molecule has 0 unspecified atom stereocenters. The van der Waals surface area contributed by atoms with Crippen molar-refractivity contribution in [3.8, 4) is 5.69 Å². The van der Waals surface area contributed by atoms with Crippen LogP contribution in [0.5, 0.6) is 0 Å². The molecule has 0 bridgehead atoms. The molecule has 0 amide bonds. The molecule has 6 heteroatoms. The third-order valence-electron chi connectivity index (χ3n) is 4.77. The highest BCUT2D eigenvalue weighted by atomic mass is 32.2. The van der Waals surface area contributed by atoms with E-state index in [2.05, 4.69) is 51.2 Å². The van der Waals surface area contributed by atoms with Crippen molar-refractivity contribution in [3.05, 3.63) is 48.3 Å². The largest absolute Gasteiger partial charge is 0.349 e. The van der Waals surface area contributed by atoms with Crippen LogP contribution in [-0.4, -0.2) is 40.0 Å². The van der Waals surface area contributed by atoms with Crippen molar-refractivity contribution in [2.75, 3.05) is 19.0 Å². The lowest BCUT2D eigenvalue weighted by atomic mass is 9.99. The fraction of sp³-hybridized carbons (Fsp3) is 0.368. The Morgan fingerprint density at radius 2 is 1.84 bits per heavy atom. The molecular formula is C19H19N3O2S. The van der Waals surface area contributed by atoms with E-state index < -0.39 is 0 Å². The van der Waals surface area contributed by atoms with Gasteiger partial charge in [-0.25, -0.2) is 0 Å². The highest BCUT2D eigenvalue weighted by molar-refractivity contribution is 7.99. The second-order valence-electron chi connectivity index (χ2n) is 6.46. The Bertz CT molecular complexity index is 901. The van der Waals surface area contributed by atoms with Gasteiger partial charge in [-0.15, -0.1) is 10.2 Å². The predicted octanol–water partition coefficient (Wildman–Crippen LogP) is 3.76. The monoisotopic (exact) mass is 353 g/mol. The Balaban J connectivity index is 1.51. The summed E-state index contributed by atoms with van der Waals surface area (Å²) in [6.45, 7) is 1.34. The van der Waals surface area contributed by atoms with E-state index in [4.69, 9.17) is 9.47 Å². The minimum Gasteiger partial charge on any atom is -0.349 e. The Morgan fingerprint density at radius 3 is 2.64 bits per heavy atom. The topological polar surface area (TPSA) is 49.2 Å². The molecule has 0 radical (unpaired) electrons. The quantitative estimate of drug-likeness (QED) is 0.654. The lowest BCUT2D eigenvalue weighted by Crippen LogP contribution is -2.11. The highest BCUT2D eigenvalue weighted by Gasteiger charge is 2.26. The SMILES string of the molecule is c1ccc2c(-n3cnnc3SCC3OCCO3)ccc(C3CC3)c2c1. The normalized spacial score (nSPS) is 18.2. The maximum Gasteiger partial charge on any atom is 0.195 e. The number of benzene rings is 2. The van der Waals surface area contributed by atoms with Gasteiger partial charge in [0.15, 0.2) is 11.4 Å². The molecule has 1 saturated carbocycles. The number of nitrogens with zero attached hydrogens (tertiary/aromatic N) is 3.